The van der Waals surface area contributed by atoms with Gasteiger partial charge in [-0.05, 0) is 16.7 Å². The van der Waals surface area contributed by atoms with Gasteiger partial charge in [0.15, 0.2) is 0 Å². The molecule has 0 aliphatic carbocycles. The second kappa shape index (κ2) is 5.67. The molecule has 0 fully saturated rings. The van der Waals surface area contributed by atoms with Gasteiger partial charge in [0.1, 0.15) is 0 Å². The Morgan fingerprint density at radius 3 is 1.76 bits per heavy atom. The van der Waals surface area contributed by atoms with E-state index in [1.165, 1.54) is 0 Å². The molecule has 0 heterocycles. The number of allylic oxidation sites excluding steroid dienone is 1. The molecule has 0 unspecified atom stereocenters. The van der Waals surface area contributed by atoms with Crippen LogP contribution in [-0.2, 0) is 0 Å². The van der Waals surface area contributed by atoms with Crippen molar-refractivity contribution >= 4 is 5.57 Å². The van der Waals surface area contributed by atoms with Crippen LogP contribution in [0.15, 0.2) is 66.7 Å². The van der Waals surface area contributed by atoms with Crippen molar-refractivity contribution in [1.29, 1.82) is 5.26 Å². The van der Waals surface area contributed by atoms with Crippen molar-refractivity contribution in [3.63, 3.8) is 0 Å². The molecule has 0 bridgehead atoms. The van der Waals surface area contributed by atoms with Crippen LogP contribution >= 0.6 is 0 Å². The molecular formula is C16H13N. The zero-order valence-corrected chi connectivity index (χ0v) is 9.51. The molecule has 0 atom stereocenters. The smallest absolute Gasteiger partial charge is 0.0663 e. The van der Waals surface area contributed by atoms with E-state index in [2.05, 4.69) is 30.3 Å². The normalized spacial score (nSPS) is 9.35. The molecule has 17 heavy (non-hydrogen) atoms. The van der Waals surface area contributed by atoms with Gasteiger partial charge in [-0.1, -0.05) is 66.7 Å². The molecule has 0 aromatic heterocycles. The minimum atomic E-state index is 0.430. The summed E-state index contributed by atoms with van der Waals surface area (Å²) >= 11 is 0. The van der Waals surface area contributed by atoms with Crippen molar-refractivity contribution in [2.24, 2.45) is 0 Å². The van der Waals surface area contributed by atoms with Crippen LogP contribution in [0.1, 0.15) is 17.5 Å². The van der Waals surface area contributed by atoms with E-state index in [0.29, 0.717) is 6.42 Å². The number of rotatable bonds is 3. The van der Waals surface area contributed by atoms with E-state index in [1.807, 2.05) is 42.5 Å². The van der Waals surface area contributed by atoms with Crippen molar-refractivity contribution in [1.82, 2.24) is 0 Å². The van der Waals surface area contributed by atoms with Crippen LogP contribution in [0.5, 0.6) is 0 Å². The monoisotopic (exact) mass is 219 g/mol. The summed E-state index contributed by atoms with van der Waals surface area (Å²) in [5.74, 6) is 0. The van der Waals surface area contributed by atoms with Gasteiger partial charge in [0.2, 0.25) is 0 Å². The van der Waals surface area contributed by atoms with Gasteiger partial charge in [-0.3, -0.25) is 0 Å². The molecule has 0 aliphatic rings. The van der Waals surface area contributed by atoms with Gasteiger partial charge in [-0.2, -0.15) is 5.26 Å². The molecule has 1 nitrogen and oxygen atoms in total. The summed E-state index contributed by atoms with van der Waals surface area (Å²) in [6, 6.07) is 22.5. The van der Waals surface area contributed by atoms with Crippen molar-refractivity contribution in [3.8, 4) is 6.07 Å². The van der Waals surface area contributed by atoms with Crippen molar-refractivity contribution in [2.75, 3.05) is 0 Å². The van der Waals surface area contributed by atoms with Crippen LogP contribution in [-0.4, -0.2) is 0 Å². The maximum atomic E-state index is 8.71. The van der Waals surface area contributed by atoms with Crippen LogP contribution in [0, 0.1) is 11.3 Å². The quantitative estimate of drug-likeness (QED) is 0.764. The summed E-state index contributed by atoms with van der Waals surface area (Å²) in [6.45, 7) is 0. The average molecular weight is 219 g/mol. The number of hydrogen-bond donors (Lipinski definition) is 0. The highest BCUT2D eigenvalue weighted by atomic mass is 14.2. The molecule has 0 radical (unpaired) electrons. The highest BCUT2D eigenvalue weighted by molar-refractivity contribution is 5.79. The summed E-state index contributed by atoms with van der Waals surface area (Å²) in [5, 5.41) is 8.71. The fourth-order valence-electron chi connectivity index (χ4n) is 1.79. The van der Waals surface area contributed by atoms with Crippen LogP contribution < -0.4 is 0 Å². The van der Waals surface area contributed by atoms with Crippen molar-refractivity contribution in [2.45, 2.75) is 6.42 Å². The maximum Gasteiger partial charge on any atom is 0.0663 e. The van der Waals surface area contributed by atoms with Gasteiger partial charge in [0.05, 0.1) is 12.5 Å². The lowest BCUT2D eigenvalue weighted by molar-refractivity contribution is 1.35. The SMILES string of the molecule is N#CCC=C(c1ccccc1)c1ccccc1. The maximum absolute atomic E-state index is 8.71. The topological polar surface area (TPSA) is 23.8 Å². The predicted molar refractivity (Wildman–Crippen MR) is 70.2 cm³/mol. The summed E-state index contributed by atoms with van der Waals surface area (Å²) in [6.07, 6.45) is 2.41. The van der Waals surface area contributed by atoms with Gasteiger partial charge in [-0.25, -0.2) is 0 Å². The first kappa shape index (κ1) is 11.2. The molecule has 0 spiro atoms. The third-order valence-corrected chi connectivity index (χ3v) is 2.57. The number of nitriles is 1. The Kier molecular flexibility index (Phi) is 3.72. The van der Waals surface area contributed by atoms with Crippen molar-refractivity contribution in [3.05, 3.63) is 77.9 Å². The van der Waals surface area contributed by atoms with Gasteiger partial charge >= 0.3 is 0 Å². The predicted octanol–water partition coefficient (Wildman–Crippen LogP) is 4.03. The first-order valence-corrected chi connectivity index (χ1v) is 5.60. The number of nitrogens with zero attached hydrogens (tertiary/aromatic N) is 1. The number of hydrogen-bond acceptors (Lipinski definition) is 1. The van der Waals surface area contributed by atoms with E-state index in [0.717, 1.165) is 16.7 Å². The Balaban J connectivity index is 2.44. The summed E-state index contributed by atoms with van der Waals surface area (Å²) in [4.78, 5) is 0. The molecule has 0 N–H and O–H groups in total. The standard InChI is InChI=1S/C16H13N/c17-13-7-12-16(14-8-3-1-4-9-14)15-10-5-2-6-11-15/h1-6,8-12H,7H2. The molecule has 2 aromatic rings. The first-order chi connectivity index (χ1) is 8.42. The average Bonchev–Trinajstić information content (AvgIpc) is 2.42. The Morgan fingerprint density at radius 1 is 0.882 bits per heavy atom. The third-order valence-electron chi connectivity index (χ3n) is 2.57. The molecule has 0 saturated heterocycles. The molecule has 2 rings (SSSR count). The summed E-state index contributed by atoms with van der Waals surface area (Å²) in [5.41, 5.74) is 3.41. The van der Waals surface area contributed by atoms with E-state index in [4.69, 9.17) is 5.26 Å². The largest absolute Gasteiger partial charge is 0.198 e. The van der Waals surface area contributed by atoms with Gasteiger partial charge in [0.25, 0.3) is 0 Å². The zero-order chi connectivity index (χ0) is 11.9. The lowest BCUT2D eigenvalue weighted by atomic mass is 9.97. The van der Waals surface area contributed by atoms with Crippen LogP contribution in [0.2, 0.25) is 0 Å². The highest BCUT2D eigenvalue weighted by Crippen LogP contribution is 2.23. The fourth-order valence-corrected chi connectivity index (χ4v) is 1.79. The van der Waals surface area contributed by atoms with Crippen LogP contribution in [0.3, 0.4) is 0 Å². The fraction of sp³-hybridized carbons (Fsp3) is 0.0625. The summed E-state index contributed by atoms with van der Waals surface area (Å²) in [7, 11) is 0. The van der Waals surface area contributed by atoms with Gasteiger partial charge in [-0.15, -0.1) is 0 Å². The van der Waals surface area contributed by atoms with E-state index in [1.54, 1.807) is 0 Å². The first-order valence-electron chi connectivity index (χ1n) is 5.60. The third kappa shape index (κ3) is 2.83. The number of benzene rings is 2. The van der Waals surface area contributed by atoms with E-state index >= 15 is 0 Å². The van der Waals surface area contributed by atoms with E-state index < -0.39 is 0 Å². The Bertz CT molecular complexity index is 491. The minimum Gasteiger partial charge on any atom is -0.198 e. The Hall–Kier alpha value is -2.33. The lowest BCUT2D eigenvalue weighted by Crippen LogP contribution is -1.87. The van der Waals surface area contributed by atoms with Crippen molar-refractivity contribution < 1.29 is 0 Å². The van der Waals surface area contributed by atoms with Crippen LogP contribution in [0.25, 0.3) is 5.57 Å². The minimum absolute atomic E-state index is 0.430. The van der Waals surface area contributed by atoms with E-state index in [-0.39, 0.29) is 0 Å². The zero-order valence-electron chi connectivity index (χ0n) is 9.51. The molecule has 1 heteroatoms. The van der Waals surface area contributed by atoms with E-state index in [9.17, 15) is 0 Å². The molecule has 82 valence electrons. The molecule has 0 saturated carbocycles. The second-order valence-electron chi connectivity index (χ2n) is 3.71. The molecule has 0 aliphatic heterocycles. The molecule has 0 amide bonds. The molecule has 2 aromatic carbocycles. The summed E-state index contributed by atoms with van der Waals surface area (Å²) < 4.78 is 0. The molecular weight excluding hydrogens is 206 g/mol. The highest BCUT2D eigenvalue weighted by Gasteiger charge is 2.02. The second-order valence-corrected chi connectivity index (χ2v) is 3.71. The van der Waals surface area contributed by atoms with Crippen LogP contribution in [0.4, 0.5) is 0 Å². The van der Waals surface area contributed by atoms with Gasteiger partial charge < -0.3 is 0 Å². The Morgan fingerprint density at radius 2 is 1.35 bits per heavy atom. The Labute approximate surface area is 102 Å². The lowest BCUT2D eigenvalue weighted by Gasteiger charge is -2.07. The van der Waals surface area contributed by atoms with Gasteiger partial charge in [0, 0.05) is 0 Å².